The SMILES string of the molecule is CS(=O)(=O)c1ccc(Cl)c(-n2ncc(C(=O)N=C(N)N)c2C2CC2)c1.Cl. The number of aromatic nitrogens is 2. The summed E-state index contributed by atoms with van der Waals surface area (Å²) in [5.74, 6) is -0.811. The van der Waals surface area contributed by atoms with Gasteiger partial charge < -0.3 is 11.5 Å². The predicted octanol–water partition coefficient (Wildman–Crippen LogP) is 1.64. The van der Waals surface area contributed by atoms with Gasteiger partial charge in [0.25, 0.3) is 5.91 Å². The van der Waals surface area contributed by atoms with E-state index in [2.05, 4.69) is 10.1 Å². The third-order valence-corrected chi connectivity index (χ3v) is 5.24. The molecule has 1 aromatic carbocycles. The topological polar surface area (TPSA) is 133 Å². The van der Waals surface area contributed by atoms with E-state index >= 15 is 0 Å². The Morgan fingerprint density at radius 3 is 2.54 bits per heavy atom. The molecule has 0 unspecified atom stereocenters. The average molecular weight is 418 g/mol. The average Bonchev–Trinajstić information content (AvgIpc) is 3.24. The van der Waals surface area contributed by atoms with E-state index < -0.39 is 15.7 Å². The first kappa shape index (κ1) is 20.2. The fourth-order valence-corrected chi connectivity index (χ4v) is 3.37. The minimum atomic E-state index is -3.41. The molecule has 8 nitrogen and oxygen atoms in total. The van der Waals surface area contributed by atoms with E-state index in [9.17, 15) is 13.2 Å². The highest BCUT2D eigenvalue weighted by molar-refractivity contribution is 7.90. The van der Waals surface area contributed by atoms with Crippen LogP contribution in [-0.4, -0.2) is 36.3 Å². The van der Waals surface area contributed by atoms with Gasteiger partial charge in [-0.05, 0) is 31.0 Å². The van der Waals surface area contributed by atoms with Gasteiger partial charge in [0.2, 0.25) is 0 Å². The Kier molecular flexibility index (Phi) is 5.64. The van der Waals surface area contributed by atoms with E-state index in [1.807, 2.05) is 0 Å². The second kappa shape index (κ2) is 7.26. The van der Waals surface area contributed by atoms with Gasteiger partial charge in [-0.15, -0.1) is 12.4 Å². The number of rotatable bonds is 4. The highest BCUT2D eigenvalue weighted by Crippen LogP contribution is 2.43. The number of hydrogen-bond acceptors (Lipinski definition) is 4. The maximum absolute atomic E-state index is 12.2. The molecule has 0 bridgehead atoms. The molecule has 11 heteroatoms. The number of nitrogens with two attached hydrogens (primary N) is 2. The Bertz CT molecular complexity index is 993. The van der Waals surface area contributed by atoms with Crippen molar-refractivity contribution in [3.8, 4) is 5.69 Å². The number of guanidine groups is 1. The number of amides is 1. The molecule has 4 N–H and O–H groups in total. The lowest BCUT2D eigenvalue weighted by Gasteiger charge is -2.11. The van der Waals surface area contributed by atoms with Gasteiger partial charge in [-0.3, -0.25) is 4.79 Å². The third kappa shape index (κ3) is 4.00. The van der Waals surface area contributed by atoms with E-state index in [4.69, 9.17) is 23.1 Å². The summed E-state index contributed by atoms with van der Waals surface area (Å²) in [6, 6.07) is 4.35. The van der Waals surface area contributed by atoms with Crippen molar-refractivity contribution >= 4 is 45.7 Å². The Morgan fingerprint density at radius 1 is 1.35 bits per heavy atom. The molecule has 140 valence electrons. The number of hydrogen-bond donors (Lipinski definition) is 2. The van der Waals surface area contributed by atoms with Crippen LogP contribution < -0.4 is 11.5 Å². The summed E-state index contributed by atoms with van der Waals surface area (Å²) in [6.07, 6.45) is 4.25. The van der Waals surface area contributed by atoms with E-state index in [0.717, 1.165) is 19.1 Å². The summed E-state index contributed by atoms with van der Waals surface area (Å²) in [7, 11) is -3.41. The van der Waals surface area contributed by atoms with Crippen molar-refractivity contribution in [1.82, 2.24) is 9.78 Å². The van der Waals surface area contributed by atoms with Gasteiger partial charge in [-0.25, -0.2) is 13.1 Å². The molecule has 0 radical (unpaired) electrons. The van der Waals surface area contributed by atoms with Crippen LogP contribution in [0.3, 0.4) is 0 Å². The summed E-state index contributed by atoms with van der Waals surface area (Å²) in [6.45, 7) is 0. The van der Waals surface area contributed by atoms with Gasteiger partial charge in [0.05, 0.1) is 33.1 Å². The molecule has 26 heavy (non-hydrogen) atoms. The predicted molar refractivity (Wildman–Crippen MR) is 101 cm³/mol. The lowest BCUT2D eigenvalue weighted by atomic mass is 10.1. The van der Waals surface area contributed by atoms with Crippen molar-refractivity contribution in [3.05, 3.63) is 40.7 Å². The Labute approximate surface area is 161 Å². The smallest absolute Gasteiger partial charge is 0.283 e. The van der Waals surface area contributed by atoms with Crippen molar-refractivity contribution in [2.75, 3.05) is 6.26 Å². The molecule has 0 spiro atoms. The van der Waals surface area contributed by atoms with Gasteiger partial charge >= 0.3 is 0 Å². The number of benzene rings is 1. The quantitative estimate of drug-likeness (QED) is 0.573. The van der Waals surface area contributed by atoms with Crippen LogP contribution in [0.15, 0.2) is 34.3 Å². The first-order valence-electron chi connectivity index (χ1n) is 7.40. The second-order valence-electron chi connectivity index (χ2n) is 5.86. The molecule has 0 atom stereocenters. The summed E-state index contributed by atoms with van der Waals surface area (Å²) in [5.41, 5.74) is 11.8. The summed E-state index contributed by atoms with van der Waals surface area (Å²) >= 11 is 6.24. The molecule has 2 aromatic rings. The van der Waals surface area contributed by atoms with Gasteiger partial charge in [-0.1, -0.05) is 11.6 Å². The van der Waals surface area contributed by atoms with Crippen molar-refractivity contribution in [3.63, 3.8) is 0 Å². The van der Waals surface area contributed by atoms with Crippen LogP contribution in [0.5, 0.6) is 0 Å². The zero-order valence-electron chi connectivity index (χ0n) is 13.7. The zero-order chi connectivity index (χ0) is 18.4. The van der Waals surface area contributed by atoms with Crippen molar-refractivity contribution in [1.29, 1.82) is 0 Å². The van der Waals surface area contributed by atoms with Gasteiger partial charge in [0, 0.05) is 12.2 Å². The number of halogens is 2. The van der Waals surface area contributed by atoms with Crippen LogP contribution in [0, 0.1) is 0 Å². The van der Waals surface area contributed by atoms with E-state index in [1.54, 1.807) is 0 Å². The molecule has 1 aliphatic rings. The van der Waals surface area contributed by atoms with E-state index in [0.29, 0.717) is 16.4 Å². The number of sulfone groups is 1. The van der Waals surface area contributed by atoms with Gasteiger partial charge in [-0.2, -0.15) is 10.1 Å². The first-order chi connectivity index (χ1) is 11.7. The molecular formula is C15H17Cl2N5O3S. The Hall–Kier alpha value is -2.10. The number of aliphatic imine (C=N–C) groups is 1. The van der Waals surface area contributed by atoms with Crippen LogP contribution in [0.1, 0.15) is 34.8 Å². The van der Waals surface area contributed by atoms with Gasteiger partial charge in [0.1, 0.15) is 0 Å². The number of carbonyl (C=O) groups excluding carboxylic acids is 1. The Morgan fingerprint density at radius 2 is 2.00 bits per heavy atom. The van der Waals surface area contributed by atoms with Crippen molar-refractivity contribution < 1.29 is 13.2 Å². The highest BCUT2D eigenvalue weighted by Gasteiger charge is 2.33. The Balaban J connectivity index is 0.00000243. The lowest BCUT2D eigenvalue weighted by Crippen LogP contribution is -2.24. The summed E-state index contributed by atoms with van der Waals surface area (Å²) < 4.78 is 25.1. The molecule has 0 aliphatic heterocycles. The fraction of sp³-hybridized carbons (Fsp3) is 0.267. The molecule has 1 aliphatic carbocycles. The van der Waals surface area contributed by atoms with Crippen LogP contribution in [0.4, 0.5) is 0 Å². The highest BCUT2D eigenvalue weighted by atomic mass is 35.5. The largest absolute Gasteiger partial charge is 0.370 e. The number of carbonyl (C=O) groups is 1. The maximum Gasteiger partial charge on any atom is 0.283 e. The van der Waals surface area contributed by atoms with Crippen LogP contribution in [0.25, 0.3) is 5.69 Å². The standard InChI is InChI=1S/C15H16ClN5O3S.ClH/c1-25(23,24)9-4-5-11(16)12(6-9)21-13(8-2-3-8)10(7-19-21)14(22)20-15(17)18;/h4-8H,2-3H2,1H3,(H4,17,18,20,22);1H. The van der Waals surface area contributed by atoms with Crippen LogP contribution >= 0.6 is 24.0 Å². The van der Waals surface area contributed by atoms with E-state index in [-0.39, 0.29) is 34.7 Å². The van der Waals surface area contributed by atoms with Gasteiger partial charge in [0.15, 0.2) is 15.8 Å². The molecule has 0 saturated heterocycles. The zero-order valence-corrected chi connectivity index (χ0v) is 16.1. The van der Waals surface area contributed by atoms with E-state index in [1.165, 1.54) is 29.1 Å². The summed E-state index contributed by atoms with van der Waals surface area (Å²) in [4.78, 5) is 15.9. The van der Waals surface area contributed by atoms with Crippen LogP contribution in [-0.2, 0) is 9.84 Å². The molecule has 1 heterocycles. The molecule has 1 fully saturated rings. The summed E-state index contributed by atoms with van der Waals surface area (Å²) in [5, 5.41) is 4.54. The minimum absolute atomic E-state index is 0. The fourth-order valence-electron chi connectivity index (χ4n) is 2.53. The molecule has 1 saturated carbocycles. The normalized spacial score (nSPS) is 13.8. The molecule has 3 rings (SSSR count). The molecular weight excluding hydrogens is 401 g/mol. The first-order valence-corrected chi connectivity index (χ1v) is 9.67. The van der Waals surface area contributed by atoms with Crippen molar-refractivity contribution in [2.24, 2.45) is 16.5 Å². The molecule has 1 aromatic heterocycles. The van der Waals surface area contributed by atoms with Crippen molar-refractivity contribution in [2.45, 2.75) is 23.7 Å². The maximum atomic E-state index is 12.2. The molecule has 1 amide bonds. The minimum Gasteiger partial charge on any atom is -0.370 e. The monoisotopic (exact) mass is 417 g/mol. The second-order valence-corrected chi connectivity index (χ2v) is 8.28. The number of nitrogens with zero attached hydrogens (tertiary/aromatic N) is 3. The lowest BCUT2D eigenvalue weighted by molar-refractivity contribution is 0.100. The third-order valence-electron chi connectivity index (χ3n) is 3.81. The van der Waals surface area contributed by atoms with Crippen LogP contribution in [0.2, 0.25) is 5.02 Å².